The molecule has 0 aliphatic heterocycles. The summed E-state index contributed by atoms with van der Waals surface area (Å²) in [7, 11) is 1.68. The highest BCUT2D eigenvalue weighted by atomic mass is 16.5. The van der Waals surface area contributed by atoms with Crippen molar-refractivity contribution in [2.75, 3.05) is 19.0 Å². The average molecular weight is 221 g/mol. The Kier molecular flexibility index (Phi) is 4.99. The van der Waals surface area contributed by atoms with E-state index in [9.17, 15) is 4.79 Å². The average Bonchev–Trinajstić information content (AvgIpc) is 2.29. The van der Waals surface area contributed by atoms with Gasteiger partial charge in [-0.15, -0.1) is 0 Å². The zero-order valence-corrected chi connectivity index (χ0v) is 10.1. The lowest BCUT2D eigenvalue weighted by Crippen LogP contribution is -2.20. The van der Waals surface area contributed by atoms with Gasteiger partial charge in [0.15, 0.2) is 5.78 Å². The Morgan fingerprint density at radius 3 is 2.50 bits per heavy atom. The van der Waals surface area contributed by atoms with Gasteiger partial charge in [0.25, 0.3) is 0 Å². The van der Waals surface area contributed by atoms with Crippen molar-refractivity contribution in [2.45, 2.75) is 26.3 Å². The number of hydrogen-bond donors (Lipinski definition) is 1. The van der Waals surface area contributed by atoms with E-state index in [2.05, 4.69) is 12.2 Å². The van der Waals surface area contributed by atoms with Crippen LogP contribution in [-0.2, 0) is 4.74 Å². The Balaban J connectivity index is 2.61. The number of hydrogen-bond acceptors (Lipinski definition) is 3. The molecule has 88 valence electrons. The monoisotopic (exact) mass is 221 g/mol. The molecule has 3 nitrogen and oxygen atoms in total. The van der Waals surface area contributed by atoms with Crippen molar-refractivity contribution in [1.29, 1.82) is 0 Å². The molecule has 0 radical (unpaired) electrons. The van der Waals surface area contributed by atoms with Gasteiger partial charge in [-0.2, -0.15) is 0 Å². The molecule has 0 aliphatic rings. The summed E-state index contributed by atoms with van der Waals surface area (Å²) in [4.78, 5) is 11.4. The highest BCUT2D eigenvalue weighted by Gasteiger charge is 2.04. The van der Waals surface area contributed by atoms with Crippen LogP contribution in [-0.4, -0.2) is 25.5 Å². The fourth-order valence-corrected chi connectivity index (χ4v) is 1.53. The topological polar surface area (TPSA) is 38.3 Å². The van der Waals surface area contributed by atoms with Crippen molar-refractivity contribution in [3.05, 3.63) is 29.8 Å². The van der Waals surface area contributed by atoms with Crippen LogP contribution in [0.1, 0.15) is 30.6 Å². The summed E-state index contributed by atoms with van der Waals surface area (Å²) in [6.45, 7) is 4.58. The van der Waals surface area contributed by atoms with Crippen molar-refractivity contribution in [1.82, 2.24) is 0 Å². The summed E-state index contributed by atoms with van der Waals surface area (Å²) in [6, 6.07) is 7.82. The van der Waals surface area contributed by atoms with Crippen molar-refractivity contribution in [2.24, 2.45) is 0 Å². The third-order valence-electron chi connectivity index (χ3n) is 2.36. The number of ketones is 1. The number of carbonyl (C=O) groups excluding carboxylic acids is 1. The number of rotatable bonds is 6. The van der Waals surface area contributed by atoms with Crippen molar-refractivity contribution in [3.8, 4) is 0 Å². The minimum Gasteiger partial charge on any atom is -0.383 e. The van der Waals surface area contributed by atoms with E-state index in [1.165, 1.54) is 0 Å². The highest BCUT2D eigenvalue weighted by molar-refractivity contribution is 5.96. The smallest absolute Gasteiger partial charge is 0.162 e. The molecule has 1 N–H and O–H groups in total. The van der Waals surface area contributed by atoms with Gasteiger partial charge in [0.2, 0.25) is 0 Å². The van der Waals surface area contributed by atoms with Crippen LogP contribution in [0.25, 0.3) is 0 Å². The summed E-state index contributed by atoms with van der Waals surface area (Å²) in [6.07, 6.45) is 0.548. The molecule has 1 atom stereocenters. The van der Waals surface area contributed by atoms with Gasteiger partial charge >= 0.3 is 0 Å². The molecule has 0 heterocycles. The maximum absolute atomic E-state index is 11.4. The van der Waals surface area contributed by atoms with Crippen LogP contribution < -0.4 is 5.32 Å². The van der Waals surface area contributed by atoms with E-state index in [1.54, 1.807) is 7.11 Å². The van der Waals surface area contributed by atoms with E-state index in [0.29, 0.717) is 13.0 Å². The Hall–Kier alpha value is -1.35. The quantitative estimate of drug-likeness (QED) is 0.751. The molecule has 0 aromatic heterocycles. The van der Waals surface area contributed by atoms with Gasteiger partial charge in [0.1, 0.15) is 0 Å². The molecule has 16 heavy (non-hydrogen) atoms. The molecular formula is C13H19NO2. The van der Waals surface area contributed by atoms with Crippen molar-refractivity contribution < 1.29 is 9.53 Å². The molecule has 0 saturated heterocycles. The molecule has 1 rings (SSSR count). The molecule has 1 aromatic rings. The highest BCUT2D eigenvalue weighted by Crippen LogP contribution is 2.12. The second kappa shape index (κ2) is 6.28. The lowest BCUT2D eigenvalue weighted by molar-refractivity contribution is 0.0988. The predicted molar refractivity (Wildman–Crippen MR) is 66.0 cm³/mol. The number of methoxy groups -OCH3 is 1. The van der Waals surface area contributed by atoms with Crippen LogP contribution >= 0.6 is 0 Å². The summed E-state index contributed by atoms with van der Waals surface area (Å²) < 4.78 is 5.04. The lowest BCUT2D eigenvalue weighted by atomic mass is 10.1. The van der Waals surface area contributed by atoms with Crippen LogP contribution in [0, 0.1) is 0 Å². The standard InChI is InChI=1S/C13H19NO2/c1-4-13(15)11-5-7-12(8-6-11)14-10(2)9-16-3/h5-8,10,14H,4,9H2,1-3H3. The van der Waals surface area contributed by atoms with Gasteiger partial charge in [-0.05, 0) is 31.2 Å². The Morgan fingerprint density at radius 1 is 1.38 bits per heavy atom. The largest absolute Gasteiger partial charge is 0.383 e. The van der Waals surface area contributed by atoms with Gasteiger partial charge < -0.3 is 10.1 Å². The first-order chi connectivity index (χ1) is 7.67. The molecule has 0 spiro atoms. The number of Topliss-reactive ketones (excluding diaryl/α,β-unsaturated/α-hetero) is 1. The number of nitrogens with one attached hydrogen (secondary N) is 1. The van der Waals surface area contributed by atoms with Gasteiger partial charge in [-0.3, -0.25) is 4.79 Å². The van der Waals surface area contributed by atoms with Crippen LogP contribution in [0.5, 0.6) is 0 Å². The van der Waals surface area contributed by atoms with E-state index < -0.39 is 0 Å². The predicted octanol–water partition coefficient (Wildman–Crippen LogP) is 2.73. The first-order valence-corrected chi connectivity index (χ1v) is 5.56. The first-order valence-electron chi connectivity index (χ1n) is 5.56. The zero-order chi connectivity index (χ0) is 12.0. The Labute approximate surface area is 96.8 Å². The molecule has 0 fully saturated rings. The van der Waals surface area contributed by atoms with Gasteiger partial charge in [-0.25, -0.2) is 0 Å². The van der Waals surface area contributed by atoms with Crippen LogP contribution in [0.2, 0.25) is 0 Å². The van der Waals surface area contributed by atoms with Crippen LogP contribution in [0.4, 0.5) is 5.69 Å². The third-order valence-corrected chi connectivity index (χ3v) is 2.36. The van der Waals surface area contributed by atoms with E-state index in [1.807, 2.05) is 31.2 Å². The van der Waals surface area contributed by atoms with Crippen molar-refractivity contribution in [3.63, 3.8) is 0 Å². The molecular weight excluding hydrogens is 202 g/mol. The number of ether oxygens (including phenoxy) is 1. The third kappa shape index (κ3) is 3.66. The number of carbonyl (C=O) groups is 1. The second-order valence-electron chi connectivity index (χ2n) is 3.85. The Morgan fingerprint density at radius 2 is 2.00 bits per heavy atom. The minimum absolute atomic E-state index is 0.177. The fraction of sp³-hybridized carbons (Fsp3) is 0.462. The summed E-state index contributed by atoms with van der Waals surface area (Å²) in [5, 5.41) is 3.29. The SMILES string of the molecule is CCC(=O)c1ccc(NC(C)COC)cc1. The van der Waals surface area contributed by atoms with E-state index >= 15 is 0 Å². The summed E-state index contributed by atoms with van der Waals surface area (Å²) in [5.74, 6) is 0.177. The molecule has 1 unspecified atom stereocenters. The van der Waals surface area contributed by atoms with E-state index in [0.717, 1.165) is 11.3 Å². The molecule has 0 aliphatic carbocycles. The van der Waals surface area contributed by atoms with Crippen LogP contribution in [0.15, 0.2) is 24.3 Å². The maximum atomic E-state index is 11.4. The van der Waals surface area contributed by atoms with E-state index in [4.69, 9.17) is 4.74 Å². The minimum atomic E-state index is 0.177. The van der Waals surface area contributed by atoms with Gasteiger partial charge in [-0.1, -0.05) is 6.92 Å². The maximum Gasteiger partial charge on any atom is 0.162 e. The van der Waals surface area contributed by atoms with Gasteiger partial charge in [0.05, 0.1) is 6.61 Å². The molecule has 1 aromatic carbocycles. The second-order valence-corrected chi connectivity index (χ2v) is 3.85. The fourth-order valence-electron chi connectivity index (χ4n) is 1.53. The Bertz CT molecular complexity index is 332. The van der Waals surface area contributed by atoms with Crippen LogP contribution in [0.3, 0.4) is 0 Å². The number of benzene rings is 1. The zero-order valence-electron chi connectivity index (χ0n) is 10.1. The van der Waals surface area contributed by atoms with Gasteiger partial charge in [0, 0.05) is 30.8 Å². The first kappa shape index (κ1) is 12.7. The molecule has 3 heteroatoms. The lowest BCUT2D eigenvalue weighted by Gasteiger charge is -2.14. The molecule has 0 saturated carbocycles. The summed E-state index contributed by atoms with van der Waals surface area (Å²) >= 11 is 0. The summed E-state index contributed by atoms with van der Waals surface area (Å²) in [5.41, 5.74) is 1.78. The molecule has 0 bridgehead atoms. The van der Waals surface area contributed by atoms with Crippen molar-refractivity contribution >= 4 is 11.5 Å². The van der Waals surface area contributed by atoms with E-state index in [-0.39, 0.29) is 11.8 Å². The molecule has 0 amide bonds. The normalized spacial score (nSPS) is 12.2. The number of anilines is 1.